The highest BCUT2D eigenvalue weighted by Crippen LogP contribution is 2.16. The van der Waals surface area contributed by atoms with Crippen molar-refractivity contribution in [3.63, 3.8) is 0 Å². The molecule has 0 fully saturated rings. The Morgan fingerprint density at radius 1 is 0.852 bits per heavy atom. The van der Waals surface area contributed by atoms with Gasteiger partial charge >= 0.3 is 0 Å². The fourth-order valence-corrected chi connectivity index (χ4v) is 3.44. The van der Waals surface area contributed by atoms with E-state index in [-0.39, 0.29) is 0 Å². The third-order valence-corrected chi connectivity index (χ3v) is 5.18. The molecular formula is C25H32N2. The van der Waals surface area contributed by atoms with E-state index in [2.05, 4.69) is 103 Å². The van der Waals surface area contributed by atoms with Crippen LogP contribution >= 0.6 is 0 Å². The fraction of sp³-hybridized carbons (Fsp3) is 0.360. The Morgan fingerprint density at radius 2 is 1.59 bits per heavy atom. The summed E-state index contributed by atoms with van der Waals surface area (Å²) in [6, 6.07) is 24.0. The lowest BCUT2D eigenvalue weighted by atomic mass is 10.1. The zero-order chi connectivity index (χ0) is 19.1. The van der Waals surface area contributed by atoms with Gasteiger partial charge < -0.3 is 4.57 Å². The van der Waals surface area contributed by atoms with Gasteiger partial charge in [-0.2, -0.15) is 0 Å². The highest BCUT2D eigenvalue weighted by atomic mass is 15.1. The second kappa shape index (κ2) is 9.57. The first-order valence-corrected chi connectivity index (χ1v) is 10.1. The Hall–Kier alpha value is -2.32. The largest absolute Gasteiger partial charge is 0.346 e. The number of rotatable bonds is 9. The zero-order valence-corrected chi connectivity index (χ0v) is 16.9. The maximum Gasteiger partial charge on any atom is 0.0476 e. The summed E-state index contributed by atoms with van der Waals surface area (Å²) < 4.78 is 2.40. The lowest BCUT2D eigenvalue weighted by molar-refractivity contribution is 0.235. The average molecular weight is 361 g/mol. The normalized spacial score (nSPS) is 11.4. The van der Waals surface area contributed by atoms with E-state index in [0.29, 0.717) is 0 Å². The number of benzene rings is 2. The first-order valence-electron chi connectivity index (χ1n) is 10.1. The number of nitrogens with zero attached hydrogens (tertiary/aromatic N) is 2. The zero-order valence-electron chi connectivity index (χ0n) is 16.9. The van der Waals surface area contributed by atoms with Crippen molar-refractivity contribution in [3.8, 4) is 0 Å². The molecular weight excluding hydrogens is 328 g/mol. The van der Waals surface area contributed by atoms with Crippen molar-refractivity contribution < 1.29 is 0 Å². The summed E-state index contributed by atoms with van der Waals surface area (Å²) in [5.41, 5.74) is 5.53. The number of hydrogen-bond donors (Lipinski definition) is 0. The summed E-state index contributed by atoms with van der Waals surface area (Å²) in [5.74, 6) is 0.724. The number of hydrogen-bond acceptors (Lipinski definition) is 1. The minimum atomic E-state index is 0.724. The van der Waals surface area contributed by atoms with Gasteiger partial charge in [0, 0.05) is 31.5 Å². The molecule has 0 aliphatic rings. The van der Waals surface area contributed by atoms with E-state index in [1.165, 1.54) is 28.8 Å². The minimum absolute atomic E-state index is 0.724. The Bertz CT molecular complexity index is 817. The van der Waals surface area contributed by atoms with E-state index >= 15 is 0 Å². The van der Waals surface area contributed by atoms with E-state index < -0.39 is 0 Å². The third-order valence-electron chi connectivity index (χ3n) is 5.18. The maximum absolute atomic E-state index is 2.58. The minimum Gasteiger partial charge on any atom is -0.346 e. The molecule has 1 aromatic heterocycles. The highest BCUT2D eigenvalue weighted by Gasteiger charge is 2.11. The molecule has 0 aliphatic heterocycles. The van der Waals surface area contributed by atoms with Crippen molar-refractivity contribution in [2.24, 2.45) is 5.92 Å². The van der Waals surface area contributed by atoms with Gasteiger partial charge in [-0.25, -0.2) is 0 Å². The molecule has 0 saturated heterocycles. The van der Waals surface area contributed by atoms with Crippen LogP contribution in [0.25, 0.3) is 0 Å². The Balaban J connectivity index is 1.73. The van der Waals surface area contributed by atoms with E-state index in [1.807, 2.05) is 0 Å². The molecule has 142 valence electrons. The summed E-state index contributed by atoms with van der Waals surface area (Å²) >= 11 is 0. The average Bonchev–Trinajstić information content (AvgIpc) is 3.09. The molecule has 2 heteroatoms. The van der Waals surface area contributed by atoms with Gasteiger partial charge in [0.25, 0.3) is 0 Å². The van der Waals surface area contributed by atoms with Gasteiger partial charge in [0.1, 0.15) is 0 Å². The first kappa shape index (κ1) is 19.4. The van der Waals surface area contributed by atoms with Gasteiger partial charge in [0.15, 0.2) is 0 Å². The monoisotopic (exact) mass is 360 g/mol. The molecule has 2 aromatic carbocycles. The molecule has 0 saturated carbocycles. The van der Waals surface area contributed by atoms with Crippen LogP contribution in [0.4, 0.5) is 0 Å². The van der Waals surface area contributed by atoms with Crippen LogP contribution in [-0.2, 0) is 19.6 Å². The topological polar surface area (TPSA) is 8.17 Å². The summed E-state index contributed by atoms with van der Waals surface area (Å²) in [6.45, 7) is 10.9. The molecule has 0 atom stereocenters. The van der Waals surface area contributed by atoms with Crippen LogP contribution in [0.5, 0.6) is 0 Å². The van der Waals surface area contributed by atoms with Crippen LogP contribution < -0.4 is 0 Å². The fourth-order valence-electron chi connectivity index (χ4n) is 3.44. The Kier molecular flexibility index (Phi) is 6.89. The van der Waals surface area contributed by atoms with Crippen molar-refractivity contribution in [3.05, 3.63) is 95.3 Å². The Morgan fingerprint density at radius 3 is 2.33 bits per heavy atom. The van der Waals surface area contributed by atoms with Crippen molar-refractivity contribution in [1.29, 1.82) is 0 Å². The predicted molar refractivity (Wildman–Crippen MR) is 115 cm³/mol. The molecule has 0 spiro atoms. The van der Waals surface area contributed by atoms with E-state index in [0.717, 1.165) is 32.1 Å². The van der Waals surface area contributed by atoms with E-state index in [1.54, 1.807) is 0 Å². The van der Waals surface area contributed by atoms with Crippen LogP contribution in [0.3, 0.4) is 0 Å². The van der Waals surface area contributed by atoms with Gasteiger partial charge in [0.2, 0.25) is 0 Å². The predicted octanol–water partition coefficient (Wildman–Crippen LogP) is 5.89. The summed E-state index contributed by atoms with van der Waals surface area (Å²) in [5, 5.41) is 0. The lowest BCUT2D eigenvalue weighted by Gasteiger charge is -2.24. The summed E-state index contributed by atoms with van der Waals surface area (Å²) in [4.78, 5) is 2.58. The molecule has 2 nitrogen and oxygen atoms in total. The summed E-state index contributed by atoms with van der Waals surface area (Å²) in [7, 11) is 0. The Labute approximate surface area is 164 Å². The quantitative estimate of drug-likeness (QED) is 0.462. The van der Waals surface area contributed by atoms with Gasteiger partial charge in [0.05, 0.1) is 0 Å². The van der Waals surface area contributed by atoms with Crippen LogP contribution in [0.2, 0.25) is 0 Å². The van der Waals surface area contributed by atoms with Gasteiger partial charge in [-0.15, -0.1) is 0 Å². The highest BCUT2D eigenvalue weighted by molar-refractivity contribution is 5.26. The number of aryl methyl sites for hydroxylation is 1. The van der Waals surface area contributed by atoms with Gasteiger partial charge in [-0.1, -0.05) is 68.4 Å². The second-order valence-corrected chi connectivity index (χ2v) is 7.93. The van der Waals surface area contributed by atoms with Crippen LogP contribution in [-0.4, -0.2) is 16.0 Å². The van der Waals surface area contributed by atoms with Crippen molar-refractivity contribution in [1.82, 2.24) is 9.47 Å². The molecule has 0 unspecified atom stereocenters. The number of aromatic nitrogens is 1. The molecule has 1 heterocycles. The molecule has 3 aromatic rings. The lowest BCUT2D eigenvalue weighted by Crippen LogP contribution is -2.26. The standard InChI is InChI=1S/C25H32N2/c1-21(2)15-17-26(18-23-11-5-4-6-12-23)20-25-14-9-16-27(25)19-24-13-8-7-10-22(24)3/h4-14,16,21H,15,17-20H2,1-3H3. The smallest absolute Gasteiger partial charge is 0.0476 e. The van der Waals surface area contributed by atoms with Gasteiger partial charge in [-0.05, 0) is 54.6 Å². The molecule has 0 amide bonds. The van der Waals surface area contributed by atoms with Crippen molar-refractivity contribution in [2.75, 3.05) is 6.54 Å². The van der Waals surface area contributed by atoms with Crippen LogP contribution in [0.1, 0.15) is 42.7 Å². The van der Waals surface area contributed by atoms with E-state index in [9.17, 15) is 0 Å². The maximum atomic E-state index is 2.58. The van der Waals surface area contributed by atoms with Crippen LogP contribution in [0, 0.1) is 12.8 Å². The molecule has 3 rings (SSSR count). The first-order chi connectivity index (χ1) is 13.1. The van der Waals surface area contributed by atoms with Gasteiger partial charge in [-0.3, -0.25) is 4.90 Å². The summed E-state index contributed by atoms with van der Waals surface area (Å²) in [6.07, 6.45) is 3.44. The molecule has 0 radical (unpaired) electrons. The molecule has 0 aliphatic carbocycles. The molecule has 0 N–H and O–H groups in total. The SMILES string of the molecule is Cc1ccccc1Cn1cccc1CN(CCC(C)C)Cc1ccccc1. The third kappa shape index (κ3) is 5.83. The molecule has 27 heavy (non-hydrogen) atoms. The van der Waals surface area contributed by atoms with Crippen molar-refractivity contribution in [2.45, 2.75) is 46.8 Å². The molecule has 0 bridgehead atoms. The second-order valence-electron chi connectivity index (χ2n) is 7.93. The van der Waals surface area contributed by atoms with E-state index in [4.69, 9.17) is 0 Å². The van der Waals surface area contributed by atoms with Crippen LogP contribution in [0.15, 0.2) is 72.9 Å². The van der Waals surface area contributed by atoms with Crippen molar-refractivity contribution >= 4 is 0 Å².